The first-order valence-corrected chi connectivity index (χ1v) is 23.0. The number of unbranched alkanes of at least 4 members (excludes halogenated alkanes) is 31. The lowest BCUT2D eigenvalue weighted by Crippen LogP contribution is -2.30. The second-order valence-electron chi connectivity index (χ2n) is 15.7. The molecule has 0 aliphatic carbocycles. The van der Waals surface area contributed by atoms with Crippen molar-refractivity contribution in [3.05, 3.63) is 0 Å². The van der Waals surface area contributed by atoms with Crippen LogP contribution in [-0.4, -0.2) is 37.2 Å². The Labute approximate surface area is 323 Å². The standard InChI is InChI=1S/C46H88O6/c1-4-7-10-13-15-17-19-21-23-25-27-29-31-34-36-39-45(48)51-42-43(52-46(49)40-37-32-12-9-6-3)41-50-44(47)38-35-33-30-28-26-24-22-20-18-16-14-11-8-5-2/h43H,4-42H2,1-3H3/t43-/m0/s1. The van der Waals surface area contributed by atoms with E-state index < -0.39 is 6.10 Å². The number of carbonyl (C=O) groups is 3. The van der Waals surface area contributed by atoms with Crippen molar-refractivity contribution in [1.29, 1.82) is 0 Å². The summed E-state index contributed by atoms with van der Waals surface area (Å²) in [5.74, 6) is -0.865. The predicted octanol–water partition coefficient (Wildman–Crippen LogP) is 14.5. The number of ether oxygens (including phenoxy) is 3. The van der Waals surface area contributed by atoms with E-state index in [0.29, 0.717) is 19.3 Å². The van der Waals surface area contributed by atoms with E-state index in [-0.39, 0.29) is 31.1 Å². The number of hydrogen-bond donors (Lipinski definition) is 0. The largest absolute Gasteiger partial charge is 0.462 e. The van der Waals surface area contributed by atoms with Crippen LogP contribution >= 0.6 is 0 Å². The molecular weight excluding hydrogens is 649 g/mol. The van der Waals surface area contributed by atoms with Crippen LogP contribution in [0.3, 0.4) is 0 Å². The van der Waals surface area contributed by atoms with Crippen LogP contribution in [0.5, 0.6) is 0 Å². The lowest BCUT2D eigenvalue weighted by atomic mass is 10.0. The quantitative estimate of drug-likeness (QED) is 0.0353. The Kier molecular flexibility index (Phi) is 40.9. The highest BCUT2D eigenvalue weighted by Crippen LogP contribution is 2.16. The Morgan fingerprint density at radius 3 is 0.769 bits per heavy atom. The van der Waals surface area contributed by atoms with Gasteiger partial charge in [0, 0.05) is 19.3 Å². The minimum Gasteiger partial charge on any atom is -0.462 e. The topological polar surface area (TPSA) is 78.9 Å². The molecule has 0 unspecified atom stereocenters. The molecule has 0 spiro atoms. The van der Waals surface area contributed by atoms with E-state index in [1.54, 1.807) is 0 Å². The van der Waals surface area contributed by atoms with Crippen LogP contribution in [0.15, 0.2) is 0 Å². The maximum absolute atomic E-state index is 12.5. The molecule has 308 valence electrons. The van der Waals surface area contributed by atoms with Gasteiger partial charge in [0.25, 0.3) is 0 Å². The first-order valence-electron chi connectivity index (χ1n) is 23.0. The highest BCUT2D eigenvalue weighted by molar-refractivity contribution is 5.71. The number of rotatable bonds is 42. The molecular formula is C46H88O6. The first kappa shape index (κ1) is 50.4. The van der Waals surface area contributed by atoms with E-state index in [4.69, 9.17) is 14.2 Å². The third-order valence-corrected chi connectivity index (χ3v) is 10.4. The van der Waals surface area contributed by atoms with Crippen molar-refractivity contribution in [2.75, 3.05) is 13.2 Å². The third-order valence-electron chi connectivity index (χ3n) is 10.4. The van der Waals surface area contributed by atoms with Gasteiger partial charge < -0.3 is 14.2 Å². The van der Waals surface area contributed by atoms with Gasteiger partial charge in [-0.3, -0.25) is 14.4 Å². The van der Waals surface area contributed by atoms with E-state index in [0.717, 1.165) is 64.2 Å². The van der Waals surface area contributed by atoms with E-state index in [1.807, 2.05) is 0 Å². The smallest absolute Gasteiger partial charge is 0.306 e. The summed E-state index contributed by atoms with van der Waals surface area (Å²) in [6.45, 7) is 6.58. The number of esters is 3. The number of carbonyl (C=O) groups excluding carboxylic acids is 3. The summed E-state index contributed by atoms with van der Waals surface area (Å²) in [7, 11) is 0. The summed E-state index contributed by atoms with van der Waals surface area (Å²) in [5.41, 5.74) is 0. The Bertz CT molecular complexity index is 768. The average Bonchev–Trinajstić information content (AvgIpc) is 3.14. The highest BCUT2D eigenvalue weighted by Gasteiger charge is 2.19. The first-order chi connectivity index (χ1) is 25.5. The summed E-state index contributed by atoms with van der Waals surface area (Å²) in [4.78, 5) is 37.4. The molecule has 0 rings (SSSR count). The van der Waals surface area contributed by atoms with Gasteiger partial charge in [-0.15, -0.1) is 0 Å². The van der Waals surface area contributed by atoms with Crippen LogP contribution in [0.1, 0.15) is 258 Å². The fraction of sp³-hybridized carbons (Fsp3) is 0.935. The molecule has 0 aromatic carbocycles. The van der Waals surface area contributed by atoms with Crippen molar-refractivity contribution in [3.63, 3.8) is 0 Å². The number of hydrogen-bond acceptors (Lipinski definition) is 6. The Morgan fingerprint density at radius 2 is 0.519 bits per heavy atom. The highest BCUT2D eigenvalue weighted by atomic mass is 16.6. The van der Waals surface area contributed by atoms with E-state index >= 15 is 0 Å². The lowest BCUT2D eigenvalue weighted by Gasteiger charge is -2.18. The monoisotopic (exact) mass is 737 g/mol. The molecule has 0 heterocycles. The van der Waals surface area contributed by atoms with Gasteiger partial charge in [-0.05, 0) is 19.3 Å². The van der Waals surface area contributed by atoms with Crippen molar-refractivity contribution in [2.24, 2.45) is 0 Å². The average molecular weight is 737 g/mol. The van der Waals surface area contributed by atoms with Crippen molar-refractivity contribution < 1.29 is 28.6 Å². The second kappa shape index (κ2) is 42.2. The normalized spacial score (nSPS) is 11.8. The van der Waals surface area contributed by atoms with E-state index in [2.05, 4.69) is 20.8 Å². The van der Waals surface area contributed by atoms with Gasteiger partial charge in [-0.1, -0.05) is 220 Å². The van der Waals surface area contributed by atoms with Crippen LogP contribution in [0.25, 0.3) is 0 Å². The van der Waals surface area contributed by atoms with Crippen molar-refractivity contribution in [1.82, 2.24) is 0 Å². The summed E-state index contributed by atoms with van der Waals surface area (Å²) in [5, 5.41) is 0. The Balaban J connectivity index is 4.12. The fourth-order valence-electron chi connectivity index (χ4n) is 6.85. The maximum atomic E-state index is 12.5. The van der Waals surface area contributed by atoms with Crippen LogP contribution in [-0.2, 0) is 28.6 Å². The van der Waals surface area contributed by atoms with Gasteiger partial charge in [0.2, 0.25) is 0 Å². The predicted molar refractivity (Wildman–Crippen MR) is 220 cm³/mol. The van der Waals surface area contributed by atoms with E-state index in [1.165, 1.54) is 154 Å². The van der Waals surface area contributed by atoms with Crippen LogP contribution in [0.4, 0.5) is 0 Å². The molecule has 0 aliphatic rings. The molecule has 0 N–H and O–H groups in total. The molecule has 0 bridgehead atoms. The Hall–Kier alpha value is -1.59. The second-order valence-corrected chi connectivity index (χ2v) is 15.7. The van der Waals surface area contributed by atoms with Crippen molar-refractivity contribution >= 4 is 17.9 Å². The molecule has 6 heteroatoms. The lowest BCUT2D eigenvalue weighted by molar-refractivity contribution is -0.167. The molecule has 52 heavy (non-hydrogen) atoms. The Morgan fingerprint density at radius 1 is 0.308 bits per heavy atom. The maximum Gasteiger partial charge on any atom is 0.306 e. The fourth-order valence-corrected chi connectivity index (χ4v) is 6.85. The van der Waals surface area contributed by atoms with Crippen LogP contribution in [0.2, 0.25) is 0 Å². The molecule has 6 nitrogen and oxygen atoms in total. The minimum atomic E-state index is -0.756. The molecule has 0 saturated heterocycles. The third kappa shape index (κ3) is 39.6. The summed E-state index contributed by atoms with van der Waals surface area (Å²) >= 11 is 0. The molecule has 0 aromatic heterocycles. The SMILES string of the molecule is CCCCCCCCCCCCCCCCCC(=O)OC[C@H](COC(=O)CCCCCCCCCCCCCCCC)OC(=O)CCCCCCC. The molecule has 0 saturated carbocycles. The van der Waals surface area contributed by atoms with Crippen LogP contribution in [0, 0.1) is 0 Å². The van der Waals surface area contributed by atoms with Crippen LogP contribution < -0.4 is 0 Å². The van der Waals surface area contributed by atoms with Gasteiger partial charge in [0.05, 0.1) is 0 Å². The van der Waals surface area contributed by atoms with Crippen molar-refractivity contribution in [2.45, 2.75) is 264 Å². The minimum absolute atomic E-state index is 0.0642. The summed E-state index contributed by atoms with van der Waals surface area (Å²) in [6, 6.07) is 0. The summed E-state index contributed by atoms with van der Waals surface area (Å²) in [6.07, 6.45) is 42.6. The van der Waals surface area contributed by atoms with Crippen molar-refractivity contribution in [3.8, 4) is 0 Å². The molecule has 1 atom stereocenters. The molecule has 0 fully saturated rings. The zero-order valence-corrected chi connectivity index (χ0v) is 35.1. The molecule has 0 radical (unpaired) electrons. The molecule has 0 aromatic rings. The van der Waals surface area contributed by atoms with Gasteiger partial charge in [-0.2, -0.15) is 0 Å². The molecule has 0 aliphatic heterocycles. The summed E-state index contributed by atoms with van der Waals surface area (Å²) < 4.78 is 16.6. The van der Waals surface area contributed by atoms with E-state index in [9.17, 15) is 14.4 Å². The van der Waals surface area contributed by atoms with Gasteiger partial charge in [0.15, 0.2) is 6.10 Å². The van der Waals surface area contributed by atoms with Gasteiger partial charge in [-0.25, -0.2) is 0 Å². The van der Waals surface area contributed by atoms with Gasteiger partial charge >= 0.3 is 17.9 Å². The zero-order valence-electron chi connectivity index (χ0n) is 35.1. The van der Waals surface area contributed by atoms with Gasteiger partial charge in [0.1, 0.15) is 13.2 Å². The molecule has 0 amide bonds. The zero-order chi connectivity index (χ0) is 38.0.